The van der Waals surface area contributed by atoms with E-state index in [2.05, 4.69) is 35.7 Å². The number of aromatic nitrogens is 5. The van der Waals surface area contributed by atoms with Gasteiger partial charge in [-0.15, -0.1) is 0 Å². The number of carbonyl (C=O) groups is 2. The van der Waals surface area contributed by atoms with Crippen LogP contribution in [0.3, 0.4) is 0 Å². The molecule has 1 aromatic carbocycles. The van der Waals surface area contributed by atoms with Crippen LogP contribution in [0.4, 0.5) is 5.82 Å². The minimum atomic E-state index is -0.457. The topological polar surface area (TPSA) is 139 Å². The zero-order valence-electron chi connectivity index (χ0n) is 17.8. The smallest absolute Gasteiger partial charge is 0.270 e. The van der Waals surface area contributed by atoms with Crippen molar-refractivity contribution < 1.29 is 14.1 Å². The molecule has 0 saturated carbocycles. The van der Waals surface area contributed by atoms with E-state index in [1.165, 1.54) is 11.9 Å². The fourth-order valence-electron chi connectivity index (χ4n) is 3.76. The maximum atomic E-state index is 12.9. The SMILES string of the molecule is Cc1ccc2[nH]c(-c3cc([C@@H](C)NC(=O)c4ncnc5c4CCC(=O)N5)on3)nc2c1C. The number of aryl methyl sites for hydroxylation is 2. The molecule has 0 radical (unpaired) electrons. The molecule has 0 aliphatic carbocycles. The number of carbonyl (C=O) groups excluding carboxylic acids is 2. The number of amides is 2. The quantitative estimate of drug-likeness (QED) is 0.451. The molecule has 1 aliphatic heterocycles. The van der Waals surface area contributed by atoms with E-state index < -0.39 is 6.04 Å². The van der Waals surface area contributed by atoms with E-state index in [4.69, 9.17) is 4.52 Å². The molecule has 4 aromatic rings. The minimum Gasteiger partial charge on any atom is -0.358 e. The van der Waals surface area contributed by atoms with Crippen LogP contribution in [0.5, 0.6) is 0 Å². The van der Waals surface area contributed by atoms with Crippen molar-refractivity contribution in [2.45, 2.75) is 39.7 Å². The molecule has 10 nitrogen and oxygen atoms in total. The first-order valence-corrected chi connectivity index (χ1v) is 10.3. The van der Waals surface area contributed by atoms with Crippen molar-refractivity contribution in [1.82, 2.24) is 30.4 Å². The Kier molecular flexibility index (Phi) is 4.69. The van der Waals surface area contributed by atoms with Crippen molar-refractivity contribution >= 4 is 28.7 Å². The number of H-pyrrole nitrogens is 1. The molecule has 0 fully saturated rings. The molecular formula is C22H21N7O3. The molecule has 10 heteroatoms. The van der Waals surface area contributed by atoms with Gasteiger partial charge in [0.1, 0.15) is 23.5 Å². The molecule has 3 N–H and O–H groups in total. The lowest BCUT2D eigenvalue weighted by Crippen LogP contribution is -2.30. The van der Waals surface area contributed by atoms with E-state index in [-0.39, 0.29) is 23.9 Å². The highest BCUT2D eigenvalue weighted by atomic mass is 16.5. The number of fused-ring (bicyclic) bond motifs is 2. The summed E-state index contributed by atoms with van der Waals surface area (Å²) in [6, 6.07) is 5.33. The summed E-state index contributed by atoms with van der Waals surface area (Å²) in [5.41, 5.74) is 5.52. The lowest BCUT2D eigenvalue weighted by Gasteiger charge is -2.18. The van der Waals surface area contributed by atoms with Gasteiger partial charge in [-0.3, -0.25) is 9.59 Å². The number of hydrogen-bond acceptors (Lipinski definition) is 7. The number of nitrogens with zero attached hydrogens (tertiary/aromatic N) is 4. The van der Waals surface area contributed by atoms with E-state index >= 15 is 0 Å². The van der Waals surface area contributed by atoms with Gasteiger partial charge >= 0.3 is 0 Å². The molecule has 1 aliphatic rings. The van der Waals surface area contributed by atoms with Crippen LogP contribution in [0, 0.1) is 13.8 Å². The van der Waals surface area contributed by atoms with Gasteiger partial charge in [0.25, 0.3) is 5.91 Å². The summed E-state index contributed by atoms with van der Waals surface area (Å²) in [5.74, 6) is 0.966. The lowest BCUT2D eigenvalue weighted by molar-refractivity contribution is -0.116. The fraction of sp³-hybridized carbons (Fsp3) is 0.273. The first-order chi connectivity index (χ1) is 15.4. The first-order valence-electron chi connectivity index (χ1n) is 10.3. The van der Waals surface area contributed by atoms with Gasteiger partial charge in [0.2, 0.25) is 5.91 Å². The molecular weight excluding hydrogens is 410 g/mol. The summed E-state index contributed by atoms with van der Waals surface area (Å²) in [6.45, 7) is 5.87. The van der Waals surface area contributed by atoms with Gasteiger partial charge in [-0.05, 0) is 44.4 Å². The average molecular weight is 431 g/mol. The molecule has 162 valence electrons. The molecule has 5 rings (SSSR count). The highest BCUT2D eigenvalue weighted by Crippen LogP contribution is 2.26. The van der Waals surface area contributed by atoms with Gasteiger partial charge in [-0.1, -0.05) is 11.2 Å². The molecule has 0 spiro atoms. The molecule has 0 bridgehead atoms. The minimum absolute atomic E-state index is 0.124. The first kappa shape index (κ1) is 19.9. The molecule has 1 atom stereocenters. The van der Waals surface area contributed by atoms with Gasteiger partial charge < -0.3 is 20.1 Å². The average Bonchev–Trinajstić information content (AvgIpc) is 3.43. The number of aromatic amines is 1. The molecule has 4 heterocycles. The fourth-order valence-corrected chi connectivity index (χ4v) is 3.76. The summed E-state index contributed by atoms with van der Waals surface area (Å²) in [7, 11) is 0. The lowest BCUT2D eigenvalue weighted by atomic mass is 10.0. The normalized spacial score (nSPS) is 14.2. The Hall–Kier alpha value is -4.08. The Morgan fingerprint density at radius 1 is 1.22 bits per heavy atom. The Balaban J connectivity index is 1.36. The van der Waals surface area contributed by atoms with Crippen LogP contribution in [0.1, 0.15) is 52.3 Å². The van der Waals surface area contributed by atoms with Crippen molar-refractivity contribution in [2.24, 2.45) is 0 Å². The van der Waals surface area contributed by atoms with Crippen molar-refractivity contribution in [3.05, 3.63) is 52.7 Å². The molecule has 32 heavy (non-hydrogen) atoms. The van der Waals surface area contributed by atoms with Gasteiger partial charge in [0.05, 0.1) is 17.1 Å². The zero-order chi connectivity index (χ0) is 22.4. The van der Waals surface area contributed by atoms with Gasteiger partial charge in [0.15, 0.2) is 11.6 Å². The summed E-state index contributed by atoms with van der Waals surface area (Å²) in [5, 5.41) is 9.67. The van der Waals surface area contributed by atoms with Crippen LogP contribution in [0.15, 0.2) is 29.0 Å². The van der Waals surface area contributed by atoms with Crippen LogP contribution < -0.4 is 10.6 Å². The second kappa shape index (κ2) is 7.56. The number of rotatable bonds is 4. The molecule has 0 saturated heterocycles. The third-order valence-corrected chi connectivity index (χ3v) is 5.74. The van der Waals surface area contributed by atoms with Crippen LogP contribution in [0.25, 0.3) is 22.6 Å². The largest absolute Gasteiger partial charge is 0.358 e. The number of hydrogen-bond donors (Lipinski definition) is 3. The van der Waals surface area contributed by atoms with Gasteiger partial charge in [0, 0.05) is 18.1 Å². The van der Waals surface area contributed by atoms with E-state index in [0.717, 1.165) is 16.6 Å². The van der Waals surface area contributed by atoms with Crippen molar-refractivity contribution in [3.63, 3.8) is 0 Å². The van der Waals surface area contributed by atoms with E-state index in [0.29, 0.717) is 35.1 Å². The predicted molar refractivity (Wildman–Crippen MR) is 116 cm³/mol. The highest BCUT2D eigenvalue weighted by molar-refractivity contribution is 5.99. The summed E-state index contributed by atoms with van der Waals surface area (Å²) >= 11 is 0. The van der Waals surface area contributed by atoms with E-state index in [1.807, 2.05) is 26.0 Å². The molecule has 2 amide bonds. The second-order valence-electron chi connectivity index (χ2n) is 7.90. The monoisotopic (exact) mass is 431 g/mol. The standard InChI is InChI=1S/C22H21N7O3/c1-10-4-6-14-18(11(10)2)28-21(26-14)15-8-16(32-29-15)12(3)25-22(31)19-13-5-7-17(30)27-20(13)24-9-23-19/h4,6,8-9,12H,5,7H2,1-3H3,(H,25,31)(H,26,28)(H,23,24,27,30)/t12-/m1/s1. The third-order valence-electron chi connectivity index (χ3n) is 5.74. The highest BCUT2D eigenvalue weighted by Gasteiger charge is 2.25. The Labute approximate surface area is 182 Å². The third kappa shape index (κ3) is 3.39. The zero-order valence-corrected chi connectivity index (χ0v) is 17.8. The number of benzene rings is 1. The maximum Gasteiger partial charge on any atom is 0.270 e. The van der Waals surface area contributed by atoms with E-state index in [1.54, 1.807) is 13.0 Å². The summed E-state index contributed by atoms with van der Waals surface area (Å²) in [4.78, 5) is 40.5. The Morgan fingerprint density at radius 2 is 2.06 bits per heavy atom. The number of imidazole rings is 1. The Bertz CT molecular complexity index is 1370. The van der Waals surface area contributed by atoms with E-state index in [9.17, 15) is 9.59 Å². The van der Waals surface area contributed by atoms with Crippen molar-refractivity contribution in [3.8, 4) is 11.5 Å². The van der Waals surface area contributed by atoms with Gasteiger partial charge in [-0.25, -0.2) is 15.0 Å². The summed E-state index contributed by atoms with van der Waals surface area (Å²) in [6.07, 6.45) is 1.97. The molecule has 0 unspecified atom stereocenters. The van der Waals surface area contributed by atoms with Crippen LogP contribution in [0.2, 0.25) is 0 Å². The Morgan fingerprint density at radius 3 is 2.91 bits per heavy atom. The number of anilines is 1. The predicted octanol–water partition coefficient (Wildman–Crippen LogP) is 3.00. The second-order valence-corrected chi connectivity index (χ2v) is 7.90. The number of nitrogens with one attached hydrogen (secondary N) is 3. The van der Waals surface area contributed by atoms with Crippen molar-refractivity contribution in [2.75, 3.05) is 5.32 Å². The van der Waals surface area contributed by atoms with Gasteiger partial charge in [-0.2, -0.15) is 0 Å². The van der Waals surface area contributed by atoms with Crippen LogP contribution >= 0.6 is 0 Å². The van der Waals surface area contributed by atoms with Crippen LogP contribution in [-0.4, -0.2) is 36.9 Å². The summed E-state index contributed by atoms with van der Waals surface area (Å²) < 4.78 is 5.48. The van der Waals surface area contributed by atoms with Crippen molar-refractivity contribution in [1.29, 1.82) is 0 Å². The molecule has 3 aromatic heterocycles. The van der Waals surface area contributed by atoms with Crippen LogP contribution in [-0.2, 0) is 11.2 Å². The maximum absolute atomic E-state index is 12.9.